The lowest BCUT2D eigenvalue weighted by Gasteiger charge is -2.20. The van der Waals surface area contributed by atoms with E-state index in [0.717, 1.165) is 0 Å². The van der Waals surface area contributed by atoms with Crippen LogP contribution in [0.4, 0.5) is 11.5 Å². The highest BCUT2D eigenvalue weighted by Gasteiger charge is 2.19. The Labute approximate surface area is 88.9 Å². The lowest BCUT2D eigenvalue weighted by Crippen LogP contribution is -2.39. The molecule has 0 aliphatic carbocycles. The van der Waals surface area contributed by atoms with Gasteiger partial charge in [-0.05, 0) is 18.1 Å². The number of hydrogen-bond donors (Lipinski definition) is 3. The second-order valence-corrected chi connectivity index (χ2v) is 3.70. The number of aromatic nitrogens is 1. The van der Waals surface area contributed by atoms with Crippen LogP contribution in [0.15, 0.2) is 18.3 Å². The molecule has 5 N–H and O–H groups in total. The second kappa shape index (κ2) is 4.63. The van der Waals surface area contributed by atoms with Gasteiger partial charge in [0, 0.05) is 6.20 Å². The van der Waals surface area contributed by atoms with Crippen LogP contribution in [0, 0.1) is 5.92 Å². The minimum Gasteiger partial charge on any atom is -0.382 e. The third-order valence-electron chi connectivity index (χ3n) is 2.12. The minimum atomic E-state index is -0.434. The molecule has 82 valence electrons. The SMILES string of the molecule is CC(C)C(Nc1cccnc1N)C(N)=O. The molecule has 0 radical (unpaired) electrons. The number of anilines is 2. The molecule has 1 aromatic rings. The van der Waals surface area contributed by atoms with Gasteiger partial charge in [-0.2, -0.15) is 0 Å². The molecule has 15 heavy (non-hydrogen) atoms. The van der Waals surface area contributed by atoms with E-state index >= 15 is 0 Å². The van der Waals surface area contributed by atoms with E-state index in [1.165, 1.54) is 0 Å². The zero-order valence-corrected chi connectivity index (χ0v) is 8.90. The van der Waals surface area contributed by atoms with Gasteiger partial charge in [-0.15, -0.1) is 0 Å². The van der Waals surface area contributed by atoms with Gasteiger partial charge in [-0.3, -0.25) is 4.79 Å². The van der Waals surface area contributed by atoms with E-state index in [2.05, 4.69) is 10.3 Å². The predicted octanol–water partition coefficient (Wildman–Crippen LogP) is 0.586. The van der Waals surface area contributed by atoms with Crippen LogP contribution in [0.5, 0.6) is 0 Å². The van der Waals surface area contributed by atoms with Crippen molar-refractivity contribution in [3.63, 3.8) is 0 Å². The first-order valence-electron chi connectivity index (χ1n) is 4.78. The fraction of sp³-hybridized carbons (Fsp3) is 0.400. The monoisotopic (exact) mass is 208 g/mol. The molecule has 0 fully saturated rings. The zero-order chi connectivity index (χ0) is 11.4. The molecule has 1 rings (SSSR count). The molecule has 0 aliphatic rings. The van der Waals surface area contributed by atoms with Crippen molar-refractivity contribution in [1.82, 2.24) is 4.98 Å². The maximum absolute atomic E-state index is 11.2. The topological polar surface area (TPSA) is 94.0 Å². The van der Waals surface area contributed by atoms with E-state index in [4.69, 9.17) is 11.5 Å². The lowest BCUT2D eigenvalue weighted by molar-refractivity contribution is -0.119. The van der Waals surface area contributed by atoms with Gasteiger partial charge in [0.2, 0.25) is 5.91 Å². The normalized spacial score (nSPS) is 12.5. The number of nitrogen functional groups attached to an aromatic ring is 1. The average Bonchev–Trinajstić information content (AvgIpc) is 2.15. The summed E-state index contributed by atoms with van der Waals surface area (Å²) >= 11 is 0. The summed E-state index contributed by atoms with van der Waals surface area (Å²) in [6, 6.07) is 3.08. The minimum absolute atomic E-state index is 0.0992. The van der Waals surface area contributed by atoms with Crippen molar-refractivity contribution in [2.24, 2.45) is 11.7 Å². The molecular weight excluding hydrogens is 192 g/mol. The molecule has 1 amide bonds. The van der Waals surface area contributed by atoms with Crippen LogP contribution in [0.3, 0.4) is 0 Å². The summed E-state index contributed by atoms with van der Waals surface area (Å²) in [5.41, 5.74) is 11.6. The number of nitrogens with one attached hydrogen (secondary N) is 1. The summed E-state index contributed by atoms with van der Waals surface area (Å²) in [4.78, 5) is 15.1. The molecule has 0 saturated carbocycles. The molecule has 0 spiro atoms. The standard InChI is InChI=1S/C10H16N4O/c1-6(2)8(10(12)15)14-7-4-3-5-13-9(7)11/h3-6,8,14H,1-2H3,(H2,11,13)(H2,12,15). The fourth-order valence-electron chi connectivity index (χ4n) is 1.27. The Balaban J connectivity index is 2.84. The number of amides is 1. The van der Waals surface area contributed by atoms with Crippen LogP contribution in [0.25, 0.3) is 0 Å². The Bertz CT molecular complexity index is 351. The Hall–Kier alpha value is -1.78. The molecule has 1 atom stereocenters. The number of primary amides is 1. The molecule has 5 nitrogen and oxygen atoms in total. The van der Waals surface area contributed by atoms with E-state index in [-0.39, 0.29) is 5.92 Å². The van der Waals surface area contributed by atoms with Gasteiger partial charge in [0.05, 0.1) is 5.69 Å². The first-order chi connectivity index (χ1) is 7.02. The van der Waals surface area contributed by atoms with Gasteiger partial charge in [0.15, 0.2) is 0 Å². The van der Waals surface area contributed by atoms with Crippen LogP contribution in [0.2, 0.25) is 0 Å². The predicted molar refractivity (Wildman–Crippen MR) is 60.1 cm³/mol. The number of carbonyl (C=O) groups excluding carboxylic acids is 1. The molecule has 0 aliphatic heterocycles. The van der Waals surface area contributed by atoms with Gasteiger partial charge in [0.25, 0.3) is 0 Å². The summed E-state index contributed by atoms with van der Waals surface area (Å²) in [5.74, 6) is 0.0692. The number of rotatable bonds is 4. The quantitative estimate of drug-likeness (QED) is 0.674. The smallest absolute Gasteiger partial charge is 0.240 e. The maximum Gasteiger partial charge on any atom is 0.240 e. The van der Waals surface area contributed by atoms with Crippen LogP contribution in [-0.4, -0.2) is 16.9 Å². The third-order valence-corrected chi connectivity index (χ3v) is 2.12. The van der Waals surface area contributed by atoms with Crippen molar-refractivity contribution < 1.29 is 4.79 Å². The van der Waals surface area contributed by atoms with Crippen molar-refractivity contribution in [1.29, 1.82) is 0 Å². The van der Waals surface area contributed by atoms with Gasteiger partial charge in [-0.25, -0.2) is 4.98 Å². The average molecular weight is 208 g/mol. The molecule has 1 aromatic heterocycles. The third kappa shape index (κ3) is 2.83. The summed E-state index contributed by atoms with van der Waals surface area (Å²) in [6.45, 7) is 3.82. The Morgan fingerprint density at radius 2 is 2.20 bits per heavy atom. The number of nitrogens with two attached hydrogens (primary N) is 2. The van der Waals surface area contributed by atoms with E-state index < -0.39 is 11.9 Å². The van der Waals surface area contributed by atoms with E-state index in [1.54, 1.807) is 18.3 Å². The maximum atomic E-state index is 11.2. The van der Waals surface area contributed by atoms with Gasteiger partial charge in [-0.1, -0.05) is 13.8 Å². The second-order valence-electron chi connectivity index (χ2n) is 3.70. The highest BCUT2D eigenvalue weighted by molar-refractivity contribution is 5.84. The summed E-state index contributed by atoms with van der Waals surface area (Å²) < 4.78 is 0. The highest BCUT2D eigenvalue weighted by atomic mass is 16.1. The highest BCUT2D eigenvalue weighted by Crippen LogP contribution is 2.17. The van der Waals surface area contributed by atoms with Crippen LogP contribution in [-0.2, 0) is 4.79 Å². The lowest BCUT2D eigenvalue weighted by atomic mass is 10.0. The van der Waals surface area contributed by atoms with Gasteiger partial charge < -0.3 is 16.8 Å². The molecule has 0 aromatic carbocycles. The first kappa shape index (κ1) is 11.3. The van der Waals surface area contributed by atoms with Crippen molar-refractivity contribution >= 4 is 17.4 Å². The van der Waals surface area contributed by atoms with E-state index in [1.807, 2.05) is 13.8 Å². The van der Waals surface area contributed by atoms with Crippen LogP contribution >= 0.6 is 0 Å². The van der Waals surface area contributed by atoms with Crippen molar-refractivity contribution in [3.05, 3.63) is 18.3 Å². The molecule has 5 heteroatoms. The van der Waals surface area contributed by atoms with Gasteiger partial charge >= 0.3 is 0 Å². The number of carbonyl (C=O) groups is 1. The molecule has 1 unspecified atom stereocenters. The van der Waals surface area contributed by atoms with Gasteiger partial charge in [0.1, 0.15) is 11.9 Å². The summed E-state index contributed by atoms with van der Waals surface area (Å²) in [6.07, 6.45) is 1.59. The van der Waals surface area contributed by atoms with E-state index in [0.29, 0.717) is 11.5 Å². The van der Waals surface area contributed by atoms with Crippen molar-refractivity contribution in [2.75, 3.05) is 11.1 Å². The molecular formula is C10H16N4O. The molecule has 1 heterocycles. The Morgan fingerprint density at radius 1 is 1.53 bits per heavy atom. The first-order valence-corrected chi connectivity index (χ1v) is 4.78. The molecule has 0 saturated heterocycles. The molecule has 0 bridgehead atoms. The summed E-state index contributed by atoms with van der Waals surface area (Å²) in [5, 5.41) is 2.98. The largest absolute Gasteiger partial charge is 0.382 e. The fourth-order valence-corrected chi connectivity index (χ4v) is 1.27. The summed E-state index contributed by atoms with van der Waals surface area (Å²) in [7, 11) is 0. The number of hydrogen-bond acceptors (Lipinski definition) is 4. The van der Waals surface area contributed by atoms with Crippen LogP contribution < -0.4 is 16.8 Å². The number of nitrogens with zero attached hydrogens (tertiary/aromatic N) is 1. The Morgan fingerprint density at radius 3 is 2.67 bits per heavy atom. The van der Waals surface area contributed by atoms with Crippen LogP contribution in [0.1, 0.15) is 13.8 Å². The van der Waals surface area contributed by atoms with Crippen molar-refractivity contribution in [3.8, 4) is 0 Å². The number of pyridine rings is 1. The zero-order valence-electron chi connectivity index (χ0n) is 8.90. The van der Waals surface area contributed by atoms with E-state index in [9.17, 15) is 4.79 Å². The Kier molecular flexibility index (Phi) is 3.49. The van der Waals surface area contributed by atoms with Crippen molar-refractivity contribution in [2.45, 2.75) is 19.9 Å².